The van der Waals surface area contributed by atoms with Crippen LogP contribution < -0.4 is 5.32 Å². The average Bonchev–Trinajstić information content (AvgIpc) is 3.26. The van der Waals surface area contributed by atoms with Gasteiger partial charge in [-0.1, -0.05) is 48.2 Å². The molecule has 4 nitrogen and oxygen atoms in total. The molecule has 0 aliphatic heterocycles. The highest BCUT2D eigenvalue weighted by Gasteiger charge is 2.18. The molecule has 1 unspecified atom stereocenters. The standard InChI is InChI=1S/C19H21N3OS2/c1-14(18(23)20-11-10-16-9-6-12-24-16)25-19-21-13-17(22(19)2)15-7-4-3-5-8-15/h3-9,12-14H,10-11H2,1-2H3,(H,20,23). The van der Waals surface area contributed by atoms with Gasteiger partial charge < -0.3 is 9.88 Å². The van der Waals surface area contributed by atoms with E-state index in [0.29, 0.717) is 6.54 Å². The molecule has 1 amide bonds. The van der Waals surface area contributed by atoms with Crippen molar-refractivity contribution in [3.05, 3.63) is 58.9 Å². The fourth-order valence-electron chi connectivity index (χ4n) is 2.50. The molecule has 6 heteroatoms. The molecule has 0 saturated carbocycles. The smallest absolute Gasteiger partial charge is 0.233 e. The molecule has 0 radical (unpaired) electrons. The van der Waals surface area contributed by atoms with Crippen LogP contribution in [-0.4, -0.2) is 27.3 Å². The number of rotatable bonds is 7. The van der Waals surface area contributed by atoms with Crippen LogP contribution in [0.5, 0.6) is 0 Å². The molecule has 0 bridgehead atoms. The molecular weight excluding hydrogens is 350 g/mol. The van der Waals surface area contributed by atoms with Crippen molar-refractivity contribution in [2.24, 2.45) is 7.05 Å². The van der Waals surface area contributed by atoms with Gasteiger partial charge in [0, 0.05) is 18.5 Å². The molecule has 25 heavy (non-hydrogen) atoms. The van der Waals surface area contributed by atoms with E-state index in [1.165, 1.54) is 16.6 Å². The monoisotopic (exact) mass is 371 g/mol. The van der Waals surface area contributed by atoms with Gasteiger partial charge in [-0.05, 0) is 30.4 Å². The summed E-state index contributed by atoms with van der Waals surface area (Å²) in [5.74, 6) is 0.0471. The van der Waals surface area contributed by atoms with E-state index in [0.717, 1.165) is 22.8 Å². The van der Waals surface area contributed by atoms with Gasteiger partial charge in [0.2, 0.25) is 5.91 Å². The lowest BCUT2D eigenvalue weighted by Gasteiger charge is -2.12. The molecule has 0 spiro atoms. The Morgan fingerprint density at radius 2 is 2.08 bits per heavy atom. The van der Waals surface area contributed by atoms with Gasteiger partial charge in [-0.15, -0.1) is 11.3 Å². The highest BCUT2D eigenvalue weighted by Crippen LogP contribution is 2.27. The SMILES string of the molecule is CC(Sc1ncc(-c2ccccc2)n1C)C(=O)NCCc1cccs1. The summed E-state index contributed by atoms with van der Waals surface area (Å²) in [6, 6.07) is 14.3. The summed E-state index contributed by atoms with van der Waals surface area (Å²) in [6.45, 7) is 2.59. The van der Waals surface area contributed by atoms with Crippen LogP contribution in [0.15, 0.2) is 59.2 Å². The van der Waals surface area contributed by atoms with Gasteiger partial charge in [0.25, 0.3) is 0 Å². The van der Waals surface area contributed by atoms with Crippen LogP contribution in [0.1, 0.15) is 11.8 Å². The van der Waals surface area contributed by atoms with Crippen LogP contribution >= 0.6 is 23.1 Å². The Kier molecular flexibility index (Phi) is 5.94. The minimum absolute atomic E-state index is 0.0471. The molecule has 3 rings (SSSR count). The maximum atomic E-state index is 12.3. The Bertz CT molecular complexity index is 813. The molecule has 3 aromatic rings. The number of thioether (sulfide) groups is 1. The van der Waals surface area contributed by atoms with Gasteiger partial charge in [0.15, 0.2) is 5.16 Å². The molecule has 1 N–H and O–H groups in total. The molecule has 130 valence electrons. The first kappa shape index (κ1) is 17.8. The topological polar surface area (TPSA) is 46.9 Å². The molecule has 1 aromatic carbocycles. The molecule has 0 fully saturated rings. The minimum Gasteiger partial charge on any atom is -0.355 e. The zero-order valence-corrected chi connectivity index (χ0v) is 15.9. The molecular formula is C19H21N3OS2. The number of benzene rings is 1. The number of imidazole rings is 1. The third-order valence-corrected chi connectivity index (χ3v) is 6.01. The van der Waals surface area contributed by atoms with E-state index in [9.17, 15) is 4.79 Å². The number of aromatic nitrogens is 2. The van der Waals surface area contributed by atoms with Crippen LogP contribution in [0.4, 0.5) is 0 Å². The molecule has 2 heterocycles. The number of carbonyl (C=O) groups is 1. The van der Waals surface area contributed by atoms with E-state index >= 15 is 0 Å². The zero-order valence-electron chi connectivity index (χ0n) is 14.3. The highest BCUT2D eigenvalue weighted by atomic mass is 32.2. The number of amides is 1. The van der Waals surface area contributed by atoms with Crippen molar-refractivity contribution in [3.63, 3.8) is 0 Å². The first-order chi connectivity index (χ1) is 12.1. The van der Waals surface area contributed by atoms with Crippen molar-refractivity contribution < 1.29 is 4.79 Å². The van der Waals surface area contributed by atoms with Gasteiger partial charge >= 0.3 is 0 Å². The van der Waals surface area contributed by atoms with Crippen molar-refractivity contribution in [2.45, 2.75) is 23.8 Å². The number of nitrogens with zero attached hydrogens (tertiary/aromatic N) is 2. The Morgan fingerprint density at radius 1 is 1.28 bits per heavy atom. The number of hydrogen-bond acceptors (Lipinski definition) is 4. The second kappa shape index (κ2) is 8.36. The van der Waals surface area contributed by atoms with E-state index in [-0.39, 0.29) is 11.2 Å². The van der Waals surface area contributed by atoms with E-state index in [4.69, 9.17) is 0 Å². The Morgan fingerprint density at radius 3 is 2.80 bits per heavy atom. The van der Waals surface area contributed by atoms with Crippen molar-refractivity contribution in [1.29, 1.82) is 0 Å². The third-order valence-electron chi connectivity index (χ3n) is 3.92. The highest BCUT2D eigenvalue weighted by molar-refractivity contribution is 8.00. The summed E-state index contributed by atoms with van der Waals surface area (Å²) in [5, 5.41) is 5.73. The Labute approximate surface area is 156 Å². The van der Waals surface area contributed by atoms with Crippen LogP contribution in [0.3, 0.4) is 0 Å². The first-order valence-corrected chi connectivity index (χ1v) is 9.95. The summed E-state index contributed by atoms with van der Waals surface area (Å²) in [7, 11) is 1.99. The predicted molar refractivity (Wildman–Crippen MR) is 105 cm³/mol. The lowest BCUT2D eigenvalue weighted by atomic mass is 10.2. The van der Waals surface area contributed by atoms with Crippen LogP contribution in [-0.2, 0) is 18.3 Å². The number of nitrogens with one attached hydrogen (secondary N) is 1. The lowest BCUT2D eigenvalue weighted by Crippen LogP contribution is -2.32. The van der Waals surface area contributed by atoms with Gasteiger partial charge in [-0.25, -0.2) is 4.98 Å². The van der Waals surface area contributed by atoms with Gasteiger partial charge in [-0.2, -0.15) is 0 Å². The third kappa shape index (κ3) is 4.52. The quantitative estimate of drug-likeness (QED) is 0.639. The van der Waals surface area contributed by atoms with Crippen LogP contribution in [0, 0.1) is 0 Å². The molecule has 0 aliphatic carbocycles. The predicted octanol–water partition coefficient (Wildman–Crippen LogP) is 3.99. The van der Waals surface area contributed by atoms with Gasteiger partial charge in [0.1, 0.15) is 0 Å². The van der Waals surface area contributed by atoms with E-state index < -0.39 is 0 Å². The van der Waals surface area contributed by atoms with Crippen molar-refractivity contribution >= 4 is 29.0 Å². The largest absolute Gasteiger partial charge is 0.355 e. The summed E-state index contributed by atoms with van der Waals surface area (Å²) >= 11 is 3.20. The van der Waals surface area contributed by atoms with E-state index in [2.05, 4.69) is 33.9 Å². The van der Waals surface area contributed by atoms with Gasteiger partial charge in [0.05, 0.1) is 17.1 Å². The van der Waals surface area contributed by atoms with Gasteiger partial charge in [-0.3, -0.25) is 4.79 Å². The second-order valence-electron chi connectivity index (χ2n) is 5.73. The van der Waals surface area contributed by atoms with E-state index in [1.54, 1.807) is 11.3 Å². The maximum Gasteiger partial charge on any atom is 0.233 e. The fourth-order valence-corrected chi connectivity index (χ4v) is 4.08. The molecule has 0 saturated heterocycles. The van der Waals surface area contributed by atoms with Crippen molar-refractivity contribution in [2.75, 3.05) is 6.54 Å². The fraction of sp³-hybridized carbons (Fsp3) is 0.263. The van der Waals surface area contributed by atoms with Crippen LogP contribution in [0.25, 0.3) is 11.3 Å². The molecule has 2 aromatic heterocycles. The van der Waals surface area contributed by atoms with Crippen molar-refractivity contribution in [3.8, 4) is 11.3 Å². The zero-order chi connectivity index (χ0) is 17.6. The summed E-state index contributed by atoms with van der Waals surface area (Å²) < 4.78 is 2.04. The number of hydrogen-bond donors (Lipinski definition) is 1. The van der Waals surface area contributed by atoms with Crippen LogP contribution in [0.2, 0.25) is 0 Å². The Balaban J connectivity index is 1.56. The number of carbonyl (C=O) groups excluding carboxylic acids is 1. The molecule has 0 aliphatic rings. The van der Waals surface area contributed by atoms with E-state index in [1.807, 2.05) is 49.0 Å². The lowest BCUT2D eigenvalue weighted by molar-refractivity contribution is -0.120. The summed E-state index contributed by atoms with van der Waals surface area (Å²) in [5.41, 5.74) is 2.17. The number of thiophene rings is 1. The second-order valence-corrected chi connectivity index (χ2v) is 8.07. The van der Waals surface area contributed by atoms with Crippen molar-refractivity contribution in [1.82, 2.24) is 14.9 Å². The summed E-state index contributed by atoms with van der Waals surface area (Å²) in [6.07, 6.45) is 2.74. The summed E-state index contributed by atoms with van der Waals surface area (Å²) in [4.78, 5) is 18.1. The average molecular weight is 372 g/mol. The Hall–Kier alpha value is -2.05. The maximum absolute atomic E-state index is 12.3. The minimum atomic E-state index is -0.187. The normalized spacial score (nSPS) is 12.1. The molecule has 1 atom stereocenters. The first-order valence-electron chi connectivity index (χ1n) is 8.19.